The Morgan fingerprint density at radius 1 is 1.36 bits per heavy atom. The molecule has 1 spiro atoms. The minimum absolute atomic E-state index is 0.176. The van der Waals surface area contributed by atoms with Crippen LogP contribution in [0.4, 0.5) is 10.7 Å². The average molecular weight is 392 g/mol. The van der Waals surface area contributed by atoms with Gasteiger partial charge in [-0.3, -0.25) is 19.9 Å². The number of rotatable bonds is 2. The zero-order valence-corrected chi connectivity index (χ0v) is 16.8. The number of ether oxygens (including phenoxy) is 1. The molecule has 0 aliphatic carbocycles. The molecule has 10 nitrogen and oxygen atoms in total. The molecular formula is C18H24N4O6. The average Bonchev–Trinajstić information content (AvgIpc) is 3.15. The lowest BCUT2D eigenvalue weighted by atomic mass is 9.85. The van der Waals surface area contributed by atoms with E-state index in [1.807, 2.05) is 0 Å². The smallest absolute Gasteiger partial charge is 0.433 e. The maximum absolute atomic E-state index is 13.3. The largest absolute Gasteiger partial charge is 0.443 e. The van der Waals surface area contributed by atoms with E-state index in [4.69, 9.17) is 9.15 Å². The lowest BCUT2D eigenvalue weighted by molar-refractivity contribution is -0.402. The molecule has 0 unspecified atom stereocenters. The highest BCUT2D eigenvalue weighted by molar-refractivity contribution is 6.09. The minimum atomic E-state index is -1.07. The summed E-state index contributed by atoms with van der Waals surface area (Å²) >= 11 is 0. The maximum atomic E-state index is 13.3. The number of furan rings is 1. The molecule has 1 atom stereocenters. The van der Waals surface area contributed by atoms with Gasteiger partial charge in [0.05, 0.1) is 11.6 Å². The van der Waals surface area contributed by atoms with Gasteiger partial charge < -0.3 is 9.15 Å². The zero-order valence-electron chi connectivity index (χ0n) is 16.8. The molecule has 1 fully saturated rings. The van der Waals surface area contributed by atoms with E-state index < -0.39 is 39.5 Å². The SMILES string of the molecule is CN1N=C(c2ccc([N+](=O)[O-])o2)C[C@@]12CC(C)(C)N(C(=O)OC(C)(C)C)C2=O. The Hall–Kier alpha value is -2.91. The van der Waals surface area contributed by atoms with Gasteiger partial charge in [0.25, 0.3) is 5.91 Å². The standard InChI is InChI=1S/C18H24N4O6/c1-16(2,3)28-15(24)21-14(23)18(10-17(21,4)5)9-11(19-20(18)6)12-7-8-13(27-12)22(25)26/h7-8H,9-10H2,1-6H3/t18-/m0/s1. The highest BCUT2D eigenvalue weighted by Gasteiger charge is 2.63. The molecule has 10 heteroatoms. The minimum Gasteiger partial charge on any atom is -0.443 e. The molecule has 1 aromatic rings. The number of nitro groups is 1. The van der Waals surface area contributed by atoms with Crippen molar-refractivity contribution in [3.63, 3.8) is 0 Å². The number of carbonyl (C=O) groups excluding carboxylic acids is 2. The Balaban J connectivity index is 1.90. The molecule has 152 valence electrons. The topological polar surface area (TPSA) is 118 Å². The number of imide groups is 1. The van der Waals surface area contributed by atoms with Crippen LogP contribution in [0.2, 0.25) is 0 Å². The molecule has 3 heterocycles. The molecule has 0 N–H and O–H groups in total. The summed E-state index contributed by atoms with van der Waals surface area (Å²) in [4.78, 5) is 37.4. The number of hydrogen-bond donors (Lipinski definition) is 0. The van der Waals surface area contributed by atoms with Crippen LogP contribution in [0.25, 0.3) is 0 Å². The third-order valence-electron chi connectivity index (χ3n) is 4.91. The fourth-order valence-corrected chi connectivity index (χ4v) is 3.80. The molecule has 28 heavy (non-hydrogen) atoms. The summed E-state index contributed by atoms with van der Waals surface area (Å²) in [5, 5.41) is 16.8. The third kappa shape index (κ3) is 3.12. The molecule has 1 aromatic heterocycles. The summed E-state index contributed by atoms with van der Waals surface area (Å²) in [6.07, 6.45) is -0.185. The molecule has 0 radical (unpaired) electrons. The van der Waals surface area contributed by atoms with Crippen LogP contribution in [0.3, 0.4) is 0 Å². The summed E-state index contributed by atoms with van der Waals surface area (Å²) in [7, 11) is 1.65. The van der Waals surface area contributed by atoms with Gasteiger partial charge in [-0.05, 0) is 40.7 Å². The summed E-state index contributed by atoms with van der Waals surface area (Å²) in [5.74, 6) is -0.569. The van der Waals surface area contributed by atoms with Crippen LogP contribution in [-0.4, -0.2) is 56.3 Å². The van der Waals surface area contributed by atoms with Crippen LogP contribution in [0.1, 0.15) is 53.2 Å². The second-order valence-electron chi connectivity index (χ2n) is 8.78. The number of nitrogens with zero attached hydrogens (tertiary/aromatic N) is 4. The number of hydrazone groups is 1. The Kier molecular flexibility index (Phi) is 4.28. The second kappa shape index (κ2) is 6.05. The fourth-order valence-electron chi connectivity index (χ4n) is 3.80. The van der Waals surface area contributed by atoms with Crippen LogP contribution < -0.4 is 0 Å². The summed E-state index contributed by atoms with van der Waals surface area (Å²) in [6.45, 7) is 8.81. The molecule has 2 aliphatic heterocycles. The van der Waals surface area contributed by atoms with Crippen LogP contribution in [-0.2, 0) is 9.53 Å². The molecule has 2 amide bonds. The first-order chi connectivity index (χ1) is 12.8. The number of hydrogen-bond acceptors (Lipinski definition) is 8. The molecule has 0 bridgehead atoms. The predicted octanol–water partition coefficient (Wildman–Crippen LogP) is 2.91. The monoisotopic (exact) mass is 392 g/mol. The predicted molar refractivity (Wildman–Crippen MR) is 98.8 cm³/mol. The van der Waals surface area contributed by atoms with E-state index >= 15 is 0 Å². The maximum Gasteiger partial charge on any atom is 0.433 e. The van der Waals surface area contributed by atoms with Crippen LogP contribution in [0.5, 0.6) is 0 Å². The van der Waals surface area contributed by atoms with E-state index in [-0.39, 0.29) is 12.2 Å². The van der Waals surface area contributed by atoms with E-state index in [0.717, 1.165) is 4.90 Å². The highest BCUT2D eigenvalue weighted by atomic mass is 16.6. The molecule has 3 rings (SSSR count). The fraction of sp³-hybridized carbons (Fsp3) is 0.611. The number of likely N-dealkylation sites (tertiary alicyclic amines) is 1. The van der Waals surface area contributed by atoms with Gasteiger partial charge in [-0.25, -0.2) is 9.69 Å². The van der Waals surface area contributed by atoms with Gasteiger partial charge in [0, 0.05) is 19.9 Å². The van der Waals surface area contributed by atoms with Crippen molar-refractivity contribution >= 4 is 23.6 Å². The van der Waals surface area contributed by atoms with Gasteiger partial charge in [-0.15, -0.1) is 0 Å². The van der Waals surface area contributed by atoms with Crippen LogP contribution in [0.15, 0.2) is 21.7 Å². The zero-order chi connectivity index (χ0) is 21.1. The van der Waals surface area contributed by atoms with Crippen molar-refractivity contribution in [3.8, 4) is 0 Å². The Morgan fingerprint density at radius 3 is 2.54 bits per heavy atom. The molecular weight excluding hydrogens is 368 g/mol. The lowest BCUT2D eigenvalue weighted by Crippen LogP contribution is -2.51. The van der Waals surface area contributed by atoms with Crippen LogP contribution in [0, 0.1) is 10.1 Å². The first kappa shape index (κ1) is 19.8. The van der Waals surface area contributed by atoms with Gasteiger partial charge in [0.1, 0.15) is 21.8 Å². The summed E-state index contributed by atoms with van der Waals surface area (Å²) < 4.78 is 10.7. The Morgan fingerprint density at radius 2 is 2.00 bits per heavy atom. The van der Waals surface area contributed by atoms with Gasteiger partial charge in [-0.2, -0.15) is 5.10 Å². The van der Waals surface area contributed by atoms with E-state index in [2.05, 4.69) is 5.10 Å². The Labute approximate surface area is 162 Å². The number of amides is 2. The normalized spacial score (nSPS) is 24.1. The van der Waals surface area contributed by atoms with Crippen molar-refractivity contribution in [2.24, 2.45) is 5.10 Å². The van der Waals surface area contributed by atoms with Crippen molar-refractivity contribution in [1.82, 2.24) is 9.91 Å². The van der Waals surface area contributed by atoms with Gasteiger partial charge in [0.15, 0.2) is 5.76 Å². The number of carbonyl (C=O) groups is 2. The number of likely N-dealkylation sites (N-methyl/N-ethyl adjacent to an activating group) is 1. The van der Waals surface area contributed by atoms with Gasteiger partial charge >= 0.3 is 12.0 Å². The molecule has 0 saturated carbocycles. The van der Waals surface area contributed by atoms with E-state index in [9.17, 15) is 19.7 Å². The van der Waals surface area contributed by atoms with E-state index in [0.29, 0.717) is 12.1 Å². The van der Waals surface area contributed by atoms with Crippen molar-refractivity contribution in [3.05, 3.63) is 28.0 Å². The quantitative estimate of drug-likeness (QED) is 0.561. The van der Waals surface area contributed by atoms with Gasteiger partial charge in [-0.1, -0.05) is 0 Å². The summed E-state index contributed by atoms with van der Waals surface area (Å²) in [6, 6.07) is 2.70. The lowest BCUT2D eigenvalue weighted by Gasteiger charge is -2.31. The first-order valence-electron chi connectivity index (χ1n) is 8.90. The van der Waals surface area contributed by atoms with E-state index in [1.54, 1.807) is 41.7 Å². The van der Waals surface area contributed by atoms with Crippen LogP contribution >= 0.6 is 0 Å². The summed E-state index contributed by atoms with van der Waals surface area (Å²) in [5.41, 5.74) is -2.17. The van der Waals surface area contributed by atoms with Crippen molar-refractivity contribution in [2.45, 2.75) is 64.1 Å². The van der Waals surface area contributed by atoms with Crippen molar-refractivity contribution in [2.75, 3.05) is 7.05 Å². The molecule has 0 aromatic carbocycles. The third-order valence-corrected chi connectivity index (χ3v) is 4.91. The van der Waals surface area contributed by atoms with Crippen molar-refractivity contribution in [1.29, 1.82) is 0 Å². The second-order valence-corrected chi connectivity index (χ2v) is 8.78. The molecule has 2 aliphatic rings. The Bertz CT molecular complexity index is 881. The molecule has 1 saturated heterocycles. The van der Waals surface area contributed by atoms with Gasteiger partial charge in [0.2, 0.25) is 0 Å². The van der Waals surface area contributed by atoms with Crippen molar-refractivity contribution < 1.29 is 23.7 Å². The first-order valence-corrected chi connectivity index (χ1v) is 8.90. The highest BCUT2D eigenvalue weighted by Crippen LogP contribution is 2.46. The van der Waals surface area contributed by atoms with E-state index in [1.165, 1.54) is 17.1 Å².